The van der Waals surface area contributed by atoms with E-state index >= 15 is 0 Å². The third-order valence-electron chi connectivity index (χ3n) is 3.63. The zero-order valence-corrected chi connectivity index (χ0v) is 13.1. The quantitative estimate of drug-likeness (QED) is 0.757. The number of benzene rings is 1. The molecule has 0 unspecified atom stereocenters. The average Bonchev–Trinajstić information content (AvgIpc) is 2.81. The van der Waals surface area contributed by atoms with E-state index < -0.39 is 0 Å². The average molecular weight is 287 g/mol. The molecule has 0 aliphatic heterocycles. The molecule has 114 valence electrons. The lowest BCUT2D eigenvalue weighted by Gasteiger charge is -2.07. The number of fused-ring (bicyclic) bond motifs is 1. The molecule has 0 aliphatic carbocycles. The number of rotatable bonds is 8. The van der Waals surface area contributed by atoms with Crippen molar-refractivity contribution in [3.8, 4) is 0 Å². The molecular weight excluding hydrogens is 262 g/mol. The predicted octanol–water partition coefficient (Wildman–Crippen LogP) is 3.30. The minimum absolute atomic E-state index is 0.0553. The van der Waals surface area contributed by atoms with Crippen molar-refractivity contribution in [3.05, 3.63) is 30.1 Å². The number of carbonyl (C=O) groups excluding carboxylic acids is 1. The van der Waals surface area contributed by atoms with Crippen molar-refractivity contribution in [2.75, 3.05) is 6.54 Å². The van der Waals surface area contributed by atoms with E-state index in [0.29, 0.717) is 0 Å². The van der Waals surface area contributed by atoms with Crippen molar-refractivity contribution < 1.29 is 4.79 Å². The van der Waals surface area contributed by atoms with E-state index in [4.69, 9.17) is 4.98 Å². The molecule has 0 saturated heterocycles. The topological polar surface area (TPSA) is 46.9 Å². The van der Waals surface area contributed by atoms with Crippen molar-refractivity contribution in [3.63, 3.8) is 0 Å². The third-order valence-corrected chi connectivity index (χ3v) is 3.63. The molecule has 21 heavy (non-hydrogen) atoms. The summed E-state index contributed by atoms with van der Waals surface area (Å²) in [7, 11) is 0. The van der Waals surface area contributed by atoms with Crippen LogP contribution < -0.4 is 5.32 Å². The van der Waals surface area contributed by atoms with E-state index in [-0.39, 0.29) is 5.91 Å². The number of para-hydroxylation sites is 2. The molecule has 0 saturated carbocycles. The minimum atomic E-state index is 0.0553. The van der Waals surface area contributed by atoms with E-state index in [1.54, 1.807) is 6.92 Å². The van der Waals surface area contributed by atoms with E-state index in [0.717, 1.165) is 50.7 Å². The molecule has 0 fully saturated rings. The first-order chi connectivity index (χ1) is 10.2. The van der Waals surface area contributed by atoms with E-state index in [2.05, 4.69) is 35.0 Å². The third kappa shape index (κ3) is 4.31. The first-order valence-corrected chi connectivity index (χ1v) is 7.91. The molecule has 4 heteroatoms. The summed E-state index contributed by atoms with van der Waals surface area (Å²) in [6.07, 6.45) is 5.40. The molecule has 1 amide bonds. The minimum Gasteiger partial charge on any atom is -0.356 e. The standard InChI is InChI=1S/C17H25N3O/c1-3-13-20-16-10-7-6-9-15(16)19-17(20)11-5-4-8-12-18-14(2)21/h6-7,9-10H,3-5,8,11-13H2,1-2H3,(H,18,21). The number of amides is 1. The highest BCUT2D eigenvalue weighted by molar-refractivity contribution is 5.75. The Morgan fingerprint density at radius 1 is 1.24 bits per heavy atom. The van der Waals surface area contributed by atoms with Gasteiger partial charge in [-0.2, -0.15) is 0 Å². The van der Waals surface area contributed by atoms with Crippen molar-refractivity contribution in [1.82, 2.24) is 14.9 Å². The van der Waals surface area contributed by atoms with Gasteiger partial charge in [-0.15, -0.1) is 0 Å². The zero-order chi connectivity index (χ0) is 15.1. The molecule has 2 rings (SSSR count). The first kappa shape index (κ1) is 15.5. The highest BCUT2D eigenvalue weighted by atomic mass is 16.1. The van der Waals surface area contributed by atoms with Crippen LogP contribution in [0.15, 0.2) is 24.3 Å². The summed E-state index contributed by atoms with van der Waals surface area (Å²) >= 11 is 0. The Morgan fingerprint density at radius 3 is 2.81 bits per heavy atom. The van der Waals surface area contributed by atoms with Crippen molar-refractivity contribution in [2.45, 2.75) is 52.5 Å². The van der Waals surface area contributed by atoms with Gasteiger partial charge in [-0.05, 0) is 31.4 Å². The van der Waals surface area contributed by atoms with E-state index in [9.17, 15) is 4.79 Å². The highest BCUT2D eigenvalue weighted by Crippen LogP contribution is 2.18. The monoisotopic (exact) mass is 287 g/mol. The second kappa shape index (κ2) is 7.81. The van der Waals surface area contributed by atoms with Crippen LogP contribution in [-0.2, 0) is 17.8 Å². The van der Waals surface area contributed by atoms with Crippen LogP contribution in [-0.4, -0.2) is 22.0 Å². The maximum Gasteiger partial charge on any atom is 0.216 e. The number of hydrogen-bond acceptors (Lipinski definition) is 2. The Kier molecular flexibility index (Phi) is 5.78. The number of imidazole rings is 1. The molecule has 0 bridgehead atoms. The largest absolute Gasteiger partial charge is 0.356 e. The molecule has 1 N–H and O–H groups in total. The van der Waals surface area contributed by atoms with Gasteiger partial charge in [0, 0.05) is 26.4 Å². The fourth-order valence-electron chi connectivity index (χ4n) is 2.64. The summed E-state index contributed by atoms with van der Waals surface area (Å²) in [6.45, 7) is 5.57. The molecule has 0 aliphatic rings. The Labute approximate surface area is 126 Å². The SMILES string of the molecule is CCCn1c(CCCCCNC(C)=O)nc2ccccc21. The van der Waals surface area contributed by atoms with Gasteiger partial charge >= 0.3 is 0 Å². The molecule has 0 radical (unpaired) electrons. The van der Waals surface area contributed by atoms with Gasteiger partial charge in [-0.25, -0.2) is 4.98 Å². The van der Waals surface area contributed by atoms with Crippen LogP contribution in [0.2, 0.25) is 0 Å². The molecule has 2 aromatic rings. The summed E-state index contributed by atoms with van der Waals surface area (Å²) < 4.78 is 2.35. The lowest BCUT2D eigenvalue weighted by atomic mass is 10.2. The number of nitrogens with one attached hydrogen (secondary N) is 1. The van der Waals surface area contributed by atoms with Gasteiger partial charge in [-0.3, -0.25) is 4.79 Å². The van der Waals surface area contributed by atoms with Gasteiger partial charge in [0.25, 0.3) is 0 Å². The molecule has 0 atom stereocenters. The summed E-state index contributed by atoms with van der Waals surface area (Å²) in [6, 6.07) is 8.36. The summed E-state index contributed by atoms with van der Waals surface area (Å²) in [5.74, 6) is 1.25. The van der Waals surface area contributed by atoms with Gasteiger partial charge in [0.1, 0.15) is 5.82 Å². The fraction of sp³-hybridized carbons (Fsp3) is 0.529. The number of carbonyl (C=O) groups is 1. The number of hydrogen-bond donors (Lipinski definition) is 1. The maximum atomic E-state index is 10.8. The molecule has 1 heterocycles. The summed E-state index contributed by atoms with van der Waals surface area (Å²) in [4.78, 5) is 15.6. The smallest absolute Gasteiger partial charge is 0.216 e. The number of nitrogens with zero attached hydrogens (tertiary/aromatic N) is 2. The van der Waals surface area contributed by atoms with Crippen LogP contribution in [0.4, 0.5) is 0 Å². The van der Waals surface area contributed by atoms with E-state index in [1.807, 2.05) is 6.07 Å². The number of unbranched alkanes of at least 4 members (excludes halogenated alkanes) is 2. The number of aromatic nitrogens is 2. The second-order valence-corrected chi connectivity index (χ2v) is 5.46. The van der Waals surface area contributed by atoms with Crippen LogP contribution in [0.3, 0.4) is 0 Å². The van der Waals surface area contributed by atoms with Gasteiger partial charge in [0.15, 0.2) is 0 Å². The van der Waals surface area contributed by atoms with E-state index in [1.165, 1.54) is 11.3 Å². The highest BCUT2D eigenvalue weighted by Gasteiger charge is 2.09. The maximum absolute atomic E-state index is 10.8. The van der Waals surface area contributed by atoms with Crippen molar-refractivity contribution >= 4 is 16.9 Å². The summed E-state index contributed by atoms with van der Waals surface area (Å²) in [5, 5.41) is 2.84. The van der Waals surface area contributed by atoms with Crippen LogP contribution in [0.1, 0.15) is 45.4 Å². The Hall–Kier alpha value is -1.84. The molecule has 4 nitrogen and oxygen atoms in total. The Morgan fingerprint density at radius 2 is 2.05 bits per heavy atom. The molecule has 0 spiro atoms. The Bertz CT molecular complexity index is 589. The van der Waals surface area contributed by atoms with Gasteiger partial charge in [0.05, 0.1) is 11.0 Å². The molecule has 1 aromatic carbocycles. The van der Waals surface area contributed by atoms with Crippen LogP contribution in [0.25, 0.3) is 11.0 Å². The first-order valence-electron chi connectivity index (χ1n) is 7.91. The lowest BCUT2D eigenvalue weighted by Crippen LogP contribution is -2.20. The fourth-order valence-corrected chi connectivity index (χ4v) is 2.64. The van der Waals surface area contributed by atoms with Gasteiger partial charge in [-0.1, -0.05) is 25.5 Å². The lowest BCUT2D eigenvalue weighted by molar-refractivity contribution is -0.118. The van der Waals surface area contributed by atoms with Gasteiger partial charge in [0.2, 0.25) is 5.91 Å². The van der Waals surface area contributed by atoms with Gasteiger partial charge < -0.3 is 9.88 Å². The molecule has 1 aromatic heterocycles. The normalized spacial score (nSPS) is 11.0. The van der Waals surface area contributed by atoms with Crippen LogP contribution >= 0.6 is 0 Å². The van der Waals surface area contributed by atoms with Crippen molar-refractivity contribution in [1.29, 1.82) is 0 Å². The predicted molar refractivity (Wildman–Crippen MR) is 86.3 cm³/mol. The summed E-state index contributed by atoms with van der Waals surface area (Å²) in [5.41, 5.74) is 2.34. The van der Waals surface area contributed by atoms with Crippen LogP contribution in [0.5, 0.6) is 0 Å². The van der Waals surface area contributed by atoms with Crippen molar-refractivity contribution in [2.24, 2.45) is 0 Å². The van der Waals surface area contributed by atoms with Crippen LogP contribution in [0, 0.1) is 0 Å². The number of aryl methyl sites for hydroxylation is 2. The zero-order valence-electron chi connectivity index (χ0n) is 13.1. The molecular formula is C17H25N3O. The second-order valence-electron chi connectivity index (χ2n) is 5.46. The Balaban J connectivity index is 1.91.